The van der Waals surface area contributed by atoms with Gasteiger partial charge < -0.3 is 15.2 Å². The number of benzene rings is 1. The lowest BCUT2D eigenvalue weighted by Crippen LogP contribution is -2.12. The summed E-state index contributed by atoms with van der Waals surface area (Å²) in [6, 6.07) is 1.76. The van der Waals surface area contributed by atoms with E-state index < -0.39 is 0 Å². The molecule has 0 aliphatic rings. The highest BCUT2D eigenvalue weighted by atomic mass is 19.1. The Morgan fingerprint density at radius 2 is 1.88 bits per heavy atom. The molecular formula is C12H18FNO2. The van der Waals surface area contributed by atoms with Crippen LogP contribution in [-0.4, -0.2) is 20.8 Å². The zero-order valence-electron chi connectivity index (χ0n) is 10.1. The molecule has 0 radical (unpaired) electrons. The van der Waals surface area contributed by atoms with Gasteiger partial charge in [0.05, 0.1) is 14.2 Å². The molecule has 0 amide bonds. The highest BCUT2D eigenvalue weighted by Crippen LogP contribution is 2.37. The van der Waals surface area contributed by atoms with Gasteiger partial charge in [-0.1, -0.05) is 6.92 Å². The lowest BCUT2D eigenvalue weighted by Gasteiger charge is -2.17. The normalized spacial score (nSPS) is 12.4. The molecule has 16 heavy (non-hydrogen) atoms. The topological polar surface area (TPSA) is 44.5 Å². The van der Waals surface area contributed by atoms with Crippen LogP contribution in [0.1, 0.15) is 24.0 Å². The summed E-state index contributed by atoms with van der Waals surface area (Å²) in [5.74, 6) is 0.159. The molecule has 0 bridgehead atoms. The lowest BCUT2D eigenvalue weighted by molar-refractivity contribution is 0.333. The van der Waals surface area contributed by atoms with Crippen molar-refractivity contribution in [2.75, 3.05) is 20.8 Å². The number of hydrogen-bond acceptors (Lipinski definition) is 3. The summed E-state index contributed by atoms with van der Waals surface area (Å²) < 4.78 is 24.2. The molecule has 90 valence electrons. The van der Waals surface area contributed by atoms with Crippen molar-refractivity contribution >= 4 is 0 Å². The number of halogens is 1. The molecule has 0 saturated heterocycles. The Morgan fingerprint density at radius 1 is 1.31 bits per heavy atom. The molecule has 1 atom stereocenters. The van der Waals surface area contributed by atoms with Crippen molar-refractivity contribution in [1.29, 1.82) is 0 Å². The molecule has 1 aromatic rings. The van der Waals surface area contributed by atoms with E-state index >= 15 is 0 Å². The van der Waals surface area contributed by atoms with Gasteiger partial charge in [0.15, 0.2) is 17.3 Å². The summed E-state index contributed by atoms with van der Waals surface area (Å²) in [6.07, 6.45) is 0. The number of nitrogens with two attached hydrogens (primary N) is 1. The van der Waals surface area contributed by atoms with Crippen molar-refractivity contribution in [3.8, 4) is 11.5 Å². The fourth-order valence-electron chi connectivity index (χ4n) is 1.69. The molecule has 1 aromatic carbocycles. The molecule has 0 spiro atoms. The zero-order chi connectivity index (χ0) is 12.3. The second-order valence-corrected chi connectivity index (χ2v) is 3.80. The van der Waals surface area contributed by atoms with Crippen LogP contribution < -0.4 is 15.2 Å². The summed E-state index contributed by atoms with van der Waals surface area (Å²) >= 11 is 0. The first-order chi connectivity index (χ1) is 7.56. The van der Waals surface area contributed by atoms with Crippen molar-refractivity contribution < 1.29 is 13.9 Å². The molecule has 2 N–H and O–H groups in total. The molecule has 0 heterocycles. The van der Waals surface area contributed by atoms with Crippen LogP contribution in [0.25, 0.3) is 0 Å². The van der Waals surface area contributed by atoms with Crippen LogP contribution in [0.4, 0.5) is 4.39 Å². The first-order valence-electron chi connectivity index (χ1n) is 5.17. The van der Waals surface area contributed by atoms with Crippen LogP contribution in [0.3, 0.4) is 0 Å². The molecule has 4 heteroatoms. The van der Waals surface area contributed by atoms with Crippen LogP contribution >= 0.6 is 0 Å². The van der Waals surface area contributed by atoms with E-state index in [1.807, 2.05) is 13.8 Å². The Bertz CT molecular complexity index is 380. The highest BCUT2D eigenvalue weighted by Gasteiger charge is 2.20. The predicted molar refractivity (Wildman–Crippen MR) is 61.7 cm³/mol. The van der Waals surface area contributed by atoms with Crippen molar-refractivity contribution in [1.82, 2.24) is 0 Å². The number of aryl methyl sites for hydroxylation is 1. The fourth-order valence-corrected chi connectivity index (χ4v) is 1.69. The minimum absolute atomic E-state index is 0.0430. The number of hydrogen-bond donors (Lipinski definition) is 1. The van der Waals surface area contributed by atoms with Gasteiger partial charge in [0.2, 0.25) is 0 Å². The molecule has 0 saturated carbocycles. The first kappa shape index (κ1) is 12.8. The second kappa shape index (κ2) is 5.16. The maximum absolute atomic E-state index is 14.1. The van der Waals surface area contributed by atoms with Crippen LogP contribution in [0.15, 0.2) is 6.07 Å². The standard InChI is InChI=1S/C12H18FNO2/c1-7-5-9(8(2)6-14)10(13)12(16-4)11(7)15-3/h5,8H,6,14H2,1-4H3. The van der Waals surface area contributed by atoms with E-state index in [1.165, 1.54) is 14.2 Å². The number of methoxy groups -OCH3 is 2. The SMILES string of the molecule is COc1c(C)cc(C(C)CN)c(F)c1OC. The van der Waals surface area contributed by atoms with Crippen LogP contribution in [-0.2, 0) is 0 Å². The van der Waals surface area contributed by atoms with Crippen LogP contribution in [0, 0.1) is 12.7 Å². The minimum atomic E-state index is -0.386. The Balaban J connectivity index is 3.39. The third-order valence-electron chi connectivity index (χ3n) is 2.68. The Morgan fingerprint density at radius 3 is 2.31 bits per heavy atom. The summed E-state index contributed by atoms with van der Waals surface area (Å²) in [6.45, 7) is 4.13. The predicted octanol–water partition coefficient (Wildman–Crippen LogP) is 2.21. The third-order valence-corrected chi connectivity index (χ3v) is 2.68. The van der Waals surface area contributed by atoms with E-state index in [0.717, 1.165) is 5.56 Å². The van der Waals surface area contributed by atoms with Gasteiger partial charge >= 0.3 is 0 Å². The van der Waals surface area contributed by atoms with Gasteiger partial charge in [0.1, 0.15) is 0 Å². The lowest BCUT2D eigenvalue weighted by atomic mass is 9.97. The fraction of sp³-hybridized carbons (Fsp3) is 0.500. The number of ether oxygens (including phenoxy) is 2. The third kappa shape index (κ3) is 2.11. The average Bonchev–Trinajstić information content (AvgIpc) is 2.29. The Hall–Kier alpha value is -1.29. The first-order valence-corrected chi connectivity index (χ1v) is 5.17. The molecule has 1 unspecified atom stereocenters. The van der Waals surface area contributed by atoms with Crippen LogP contribution in [0.2, 0.25) is 0 Å². The van der Waals surface area contributed by atoms with Gasteiger partial charge in [-0.2, -0.15) is 0 Å². The molecule has 1 rings (SSSR count). The van der Waals surface area contributed by atoms with E-state index in [2.05, 4.69) is 0 Å². The van der Waals surface area contributed by atoms with Crippen molar-refractivity contribution in [2.45, 2.75) is 19.8 Å². The summed E-state index contributed by atoms with van der Waals surface area (Å²) in [5.41, 5.74) is 6.96. The van der Waals surface area contributed by atoms with Crippen molar-refractivity contribution in [3.05, 3.63) is 23.0 Å². The summed E-state index contributed by atoms with van der Waals surface area (Å²) in [4.78, 5) is 0. The molecular weight excluding hydrogens is 209 g/mol. The van der Waals surface area contributed by atoms with Crippen molar-refractivity contribution in [2.24, 2.45) is 5.73 Å². The maximum Gasteiger partial charge on any atom is 0.197 e. The van der Waals surface area contributed by atoms with Gasteiger partial charge in [-0.05, 0) is 36.6 Å². The molecule has 0 aliphatic heterocycles. The van der Waals surface area contributed by atoms with Crippen LogP contribution in [0.5, 0.6) is 11.5 Å². The molecule has 0 aliphatic carbocycles. The minimum Gasteiger partial charge on any atom is -0.492 e. The smallest absolute Gasteiger partial charge is 0.197 e. The highest BCUT2D eigenvalue weighted by molar-refractivity contribution is 5.51. The zero-order valence-corrected chi connectivity index (χ0v) is 10.1. The van der Waals surface area contributed by atoms with Gasteiger partial charge in [0, 0.05) is 0 Å². The molecule has 3 nitrogen and oxygen atoms in total. The summed E-state index contributed by atoms with van der Waals surface area (Å²) in [7, 11) is 2.92. The Labute approximate surface area is 95.4 Å². The van der Waals surface area contributed by atoms with Gasteiger partial charge in [-0.25, -0.2) is 4.39 Å². The number of rotatable bonds is 4. The van der Waals surface area contributed by atoms with Gasteiger partial charge in [-0.3, -0.25) is 0 Å². The van der Waals surface area contributed by atoms with E-state index in [0.29, 0.717) is 17.9 Å². The maximum atomic E-state index is 14.1. The average molecular weight is 227 g/mol. The summed E-state index contributed by atoms with van der Waals surface area (Å²) in [5, 5.41) is 0. The quantitative estimate of drug-likeness (QED) is 0.857. The van der Waals surface area contributed by atoms with E-state index in [9.17, 15) is 4.39 Å². The van der Waals surface area contributed by atoms with E-state index in [4.69, 9.17) is 15.2 Å². The molecule has 0 fully saturated rings. The largest absolute Gasteiger partial charge is 0.492 e. The van der Waals surface area contributed by atoms with Crippen molar-refractivity contribution in [3.63, 3.8) is 0 Å². The Kier molecular flexibility index (Phi) is 4.12. The van der Waals surface area contributed by atoms with E-state index in [1.54, 1.807) is 6.07 Å². The van der Waals surface area contributed by atoms with Gasteiger partial charge in [-0.15, -0.1) is 0 Å². The molecule has 0 aromatic heterocycles. The monoisotopic (exact) mass is 227 g/mol. The second-order valence-electron chi connectivity index (χ2n) is 3.80. The van der Waals surface area contributed by atoms with E-state index in [-0.39, 0.29) is 17.5 Å². The van der Waals surface area contributed by atoms with Gasteiger partial charge in [0.25, 0.3) is 0 Å².